The van der Waals surface area contributed by atoms with Crippen LogP contribution >= 0.6 is 0 Å². The normalized spacial score (nSPS) is 19.2. The lowest BCUT2D eigenvalue weighted by Crippen LogP contribution is -2.48. The van der Waals surface area contributed by atoms with Crippen molar-refractivity contribution in [3.8, 4) is 17.3 Å². The van der Waals surface area contributed by atoms with Crippen molar-refractivity contribution >= 4 is 11.7 Å². The predicted molar refractivity (Wildman–Crippen MR) is 128 cm³/mol. The van der Waals surface area contributed by atoms with Gasteiger partial charge >= 0.3 is 5.97 Å². The Bertz CT molecular complexity index is 1270. The fourth-order valence-electron chi connectivity index (χ4n) is 4.79. The van der Waals surface area contributed by atoms with Gasteiger partial charge in [-0.1, -0.05) is 12.1 Å². The highest BCUT2D eigenvalue weighted by Crippen LogP contribution is 2.36. The number of carboxylic acids is 1. The standard InChI is InChI=1S/C24H30F2N8O3/c1-3-17-19(33-11-16(8-22(35)36)9-24(25,26)14-33)7-6-18(28-17)23-20(32(2)31-29-23)13-37-21-10-27-34(30-21)12-15-4-5-15/h6-7,10,15-16H,3-5,8-9,11-14H2,1-2H3,(H,35,36)/t16-/m0/s1. The molecule has 198 valence electrons. The Hall–Kier alpha value is -3.64. The van der Waals surface area contributed by atoms with E-state index in [0.717, 1.165) is 6.54 Å². The van der Waals surface area contributed by atoms with Gasteiger partial charge in [0.25, 0.3) is 11.8 Å². The van der Waals surface area contributed by atoms with E-state index in [0.29, 0.717) is 46.7 Å². The summed E-state index contributed by atoms with van der Waals surface area (Å²) in [4.78, 5) is 19.1. The van der Waals surface area contributed by atoms with E-state index in [1.54, 1.807) is 39.8 Å². The molecule has 1 aliphatic carbocycles. The number of rotatable bonds is 10. The minimum absolute atomic E-state index is 0.154. The van der Waals surface area contributed by atoms with Crippen LogP contribution < -0.4 is 9.64 Å². The first-order valence-corrected chi connectivity index (χ1v) is 12.5. The third-order valence-corrected chi connectivity index (χ3v) is 6.75. The third-order valence-electron chi connectivity index (χ3n) is 6.75. The molecule has 1 aliphatic heterocycles. The number of halogens is 2. The minimum atomic E-state index is -2.97. The second-order valence-corrected chi connectivity index (χ2v) is 9.90. The van der Waals surface area contributed by atoms with Crippen LogP contribution in [0.2, 0.25) is 0 Å². The molecular formula is C24H30F2N8O3. The summed E-state index contributed by atoms with van der Waals surface area (Å²) in [5.41, 5.74) is 2.97. The van der Waals surface area contributed by atoms with Crippen molar-refractivity contribution in [2.45, 2.75) is 58.1 Å². The lowest BCUT2D eigenvalue weighted by Gasteiger charge is -2.39. The maximum Gasteiger partial charge on any atom is 0.303 e. The van der Waals surface area contributed by atoms with Gasteiger partial charge in [0.15, 0.2) is 0 Å². The number of ether oxygens (including phenoxy) is 1. The molecule has 5 rings (SSSR count). The Kier molecular flexibility index (Phi) is 6.78. The fourth-order valence-corrected chi connectivity index (χ4v) is 4.79. The van der Waals surface area contributed by atoms with Gasteiger partial charge in [0.1, 0.15) is 24.2 Å². The van der Waals surface area contributed by atoms with E-state index in [1.807, 2.05) is 6.92 Å². The van der Waals surface area contributed by atoms with Gasteiger partial charge in [-0.05, 0) is 43.2 Å². The Morgan fingerprint density at radius 2 is 2.08 bits per heavy atom. The maximum atomic E-state index is 14.5. The Balaban J connectivity index is 1.35. The average Bonchev–Trinajstić information content (AvgIpc) is 3.41. The molecule has 13 heteroatoms. The highest BCUT2D eigenvalue weighted by atomic mass is 19.3. The number of alkyl halides is 2. The molecule has 1 atom stereocenters. The van der Waals surface area contributed by atoms with Crippen LogP contribution in [-0.4, -0.2) is 65.1 Å². The number of pyridine rings is 1. The number of anilines is 1. The second-order valence-electron chi connectivity index (χ2n) is 9.90. The van der Waals surface area contributed by atoms with Crippen LogP contribution in [-0.2, 0) is 31.4 Å². The summed E-state index contributed by atoms with van der Waals surface area (Å²) in [6, 6.07) is 3.48. The number of aromatic nitrogens is 7. The van der Waals surface area contributed by atoms with E-state index in [-0.39, 0.29) is 19.6 Å². The van der Waals surface area contributed by atoms with Crippen molar-refractivity contribution < 1.29 is 23.4 Å². The van der Waals surface area contributed by atoms with E-state index >= 15 is 0 Å². The average molecular weight is 517 g/mol. The first kappa shape index (κ1) is 25.0. The monoisotopic (exact) mass is 516 g/mol. The maximum absolute atomic E-state index is 14.5. The van der Waals surface area contributed by atoms with Gasteiger partial charge in [0, 0.05) is 20.0 Å². The van der Waals surface area contributed by atoms with Crippen LogP contribution in [0.3, 0.4) is 0 Å². The van der Waals surface area contributed by atoms with Crippen molar-refractivity contribution in [2.24, 2.45) is 18.9 Å². The van der Waals surface area contributed by atoms with Gasteiger partial charge < -0.3 is 14.7 Å². The van der Waals surface area contributed by atoms with Crippen LogP contribution in [0, 0.1) is 11.8 Å². The van der Waals surface area contributed by atoms with Crippen molar-refractivity contribution in [3.05, 3.63) is 29.7 Å². The number of piperidine rings is 1. The van der Waals surface area contributed by atoms with Crippen molar-refractivity contribution in [1.82, 2.24) is 35.0 Å². The summed E-state index contributed by atoms with van der Waals surface area (Å²) in [6.45, 7) is 2.61. The van der Waals surface area contributed by atoms with Crippen molar-refractivity contribution in [1.29, 1.82) is 0 Å². The van der Waals surface area contributed by atoms with Crippen LogP contribution in [0.25, 0.3) is 11.4 Å². The molecule has 2 aliphatic rings. The van der Waals surface area contributed by atoms with Crippen LogP contribution in [0.5, 0.6) is 5.88 Å². The summed E-state index contributed by atoms with van der Waals surface area (Å²) in [7, 11) is 1.76. The zero-order chi connectivity index (χ0) is 26.2. The first-order valence-electron chi connectivity index (χ1n) is 12.5. The largest absolute Gasteiger partial charge is 0.481 e. The molecule has 0 aromatic carbocycles. The second kappa shape index (κ2) is 10.0. The van der Waals surface area contributed by atoms with Gasteiger partial charge in [-0.15, -0.1) is 10.2 Å². The molecule has 0 bridgehead atoms. The number of hydrogen-bond acceptors (Lipinski definition) is 8. The molecule has 3 aromatic heterocycles. The zero-order valence-corrected chi connectivity index (χ0v) is 20.8. The van der Waals surface area contributed by atoms with Crippen LogP contribution in [0.4, 0.5) is 14.5 Å². The Morgan fingerprint density at radius 1 is 1.27 bits per heavy atom. The molecule has 0 radical (unpaired) electrons. The van der Waals surface area contributed by atoms with Gasteiger partial charge in [0.05, 0.1) is 36.6 Å². The van der Waals surface area contributed by atoms with Crippen molar-refractivity contribution in [3.63, 3.8) is 0 Å². The quantitative estimate of drug-likeness (QED) is 0.433. The topological polar surface area (TPSA) is 124 Å². The Morgan fingerprint density at radius 3 is 2.81 bits per heavy atom. The summed E-state index contributed by atoms with van der Waals surface area (Å²) in [6.07, 6.45) is 3.77. The molecule has 0 unspecified atom stereocenters. The van der Waals surface area contributed by atoms with E-state index in [9.17, 15) is 13.6 Å². The van der Waals surface area contributed by atoms with E-state index in [1.165, 1.54) is 12.8 Å². The SMILES string of the molecule is CCc1nc(-c2nnn(C)c2COc2cnn(CC3CC3)n2)ccc1N1C[C@@H](CC(=O)O)CC(F)(F)C1. The molecule has 0 spiro atoms. The van der Waals surface area contributed by atoms with Crippen LogP contribution in [0.15, 0.2) is 18.3 Å². The van der Waals surface area contributed by atoms with Gasteiger partial charge in [-0.2, -0.15) is 9.90 Å². The zero-order valence-electron chi connectivity index (χ0n) is 20.8. The van der Waals surface area contributed by atoms with E-state index in [2.05, 4.69) is 20.5 Å². The molecule has 0 amide bonds. The van der Waals surface area contributed by atoms with Crippen molar-refractivity contribution in [2.75, 3.05) is 18.0 Å². The number of nitrogens with zero attached hydrogens (tertiary/aromatic N) is 8. The molecule has 1 N–H and O–H groups in total. The predicted octanol–water partition coefficient (Wildman–Crippen LogP) is 2.96. The van der Waals surface area contributed by atoms with Gasteiger partial charge in [-0.3, -0.25) is 4.79 Å². The van der Waals surface area contributed by atoms with Crippen LogP contribution in [0.1, 0.15) is 44.0 Å². The highest BCUT2D eigenvalue weighted by molar-refractivity contribution is 5.67. The molecular weight excluding hydrogens is 486 g/mol. The lowest BCUT2D eigenvalue weighted by atomic mass is 9.91. The van der Waals surface area contributed by atoms with E-state index in [4.69, 9.17) is 14.8 Å². The fraction of sp³-hybridized carbons (Fsp3) is 0.583. The number of aryl methyl sites for hydroxylation is 2. The van der Waals surface area contributed by atoms with Gasteiger partial charge in [0.2, 0.25) is 0 Å². The molecule has 4 heterocycles. The lowest BCUT2D eigenvalue weighted by molar-refractivity contribution is -0.139. The summed E-state index contributed by atoms with van der Waals surface area (Å²) in [5.74, 6) is -3.63. The Labute approximate surface area is 212 Å². The third kappa shape index (κ3) is 5.86. The molecule has 1 saturated heterocycles. The summed E-state index contributed by atoms with van der Waals surface area (Å²) in [5, 5.41) is 26.1. The summed E-state index contributed by atoms with van der Waals surface area (Å²) < 4.78 is 36.4. The number of carbonyl (C=O) groups is 1. The van der Waals surface area contributed by atoms with E-state index < -0.39 is 30.8 Å². The molecule has 1 saturated carbocycles. The summed E-state index contributed by atoms with van der Waals surface area (Å²) >= 11 is 0. The molecule has 11 nitrogen and oxygen atoms in total. The smallest absolute Gasteiger partial charge is 0.303 e. The number of aliphatic carboxylic acids is 1. The molecule has 3 aromatic rings. The molecule has 2 fully saturated rings. The highest BCUT2D eigenvalue weighted by Gasteiger charge is 2.41. The first-order chi connectivity index (χ1) is 17.7. The molecule has 37 heavy (non-hydrogen) atoms. The number of carboxylic acid groups (broad SMARTS) is 1. The minimum Gasteiger partial charge on any atom is -0.481 e. The number of hydrogen-bond donors (Lipinski definition) is 1. The van der Waals surface area contributed by atoms with Gasteiger partial charge in [-0.25, -0.2) is 18.4 Å².